The Bertz CT molecular complexity index is 777. The van der Waals surface area contributed by atoms with Gasteiger partial charge in [-0.3, -0.25) is 9.59 Å². The summed E-state index contributed by atoms with van der Waals surface area (Å²) >= 11 is 0. The van der Waals surface area contributed by atoms with Crippen molar-refractivity contribution in [3.05, 3.63) is 23.8 Å². The maximum Gasteiger partial charge on any atom is 0.302 e. The van der Waals surface area contributed by atoms with Crippen LogP contribution in [0.2, 0.25) is 0 Å². The van der Waals surface area contributed by atoms with Crippen LogP contribution in [0.1, 0.15) is 73.6 Å². The fourth-order valence-corrected chi connectivity index (χ4v) is 7.21. The number of rotatable bonds is 2. The fourth-order valence-electron chi connectivity index (χ4n) is 7.21. The van der Waals surface area contributed by atoms with Gasteiger partial charge in [-0.15, -0.1) is 0 Å². The SMILES string of the molecule is CC(=O)O[C@H]1CCC(C)(C)C2CC=C3C[C@@]4(C)C=C[C@@]3(C[C@H]4OC(C)=O)[C@@]21C. The highest BCUT2D eigenvalue weighted by atomic mass is 16.5. The monoisotopic (exact) mass is 386 g/mol. The third-order valence-corrected chi connectivity index (χ3v) is 8.70. The third kappa shape index (κ3) is 2.48. The average Bonchev–Trinajstić information content (AvgIpc) is 2.57. The van der Waals surface area contributed by atoms with Crippen LogP contribution in [0.4, 0.5) is 0 Å². The number of allylic oxidation sites excluding steroid dienone is 3. The summed E-state index contributed by atoms with van der Waals surface area (Å²) in [5, 5.41) is 0. The zero-order chi connectivity index (χ0) is 20.5. The van der Waals surface area contributed by atoms with E-state index in [1.165, 1.54) is 19.4 Å². The molecule has 1 unspecified atom stereocenters. The Hall–Kier alpha value is -1.58. The maximum atomic E-state index is 12.0. The molecular weight excluding hydrogens is 352 g/mol. The summed E-state index contributed by atoms with van der Waals surface area (Å²) in [6, 6.07) is 0. The van der Waals surface area contributed by atoms with E-state index in [9.17, 15) is 9.59 Å². The zero-order valence-electron chi connectivity index (χ0n) is 18.1. The van der Waals surface area contributed by atoms with E-state index < -0.39 is 0 Å². The summed E-state index contributed by atoms with van der Waals surface area (Å²) in [5.41, 5.74) is 1.05. The van der Waals surface area contributed by atoms with E-state index in [-0.39, 0.29) is 45.8 Å². The summed E-state index contributed by atoms with van der Waals surface area (Å²) in [5.74, 6) is -0.00628. The molecule has 5 aliphatic carbocycles. The second-order valence-corrected chi connectivity index (χ2v) is 10.7. The van der Waals surface area contributed by atoms with Crippen molar-refractivity contribution < 1.29 is 19.1 Å². The molecule has 0 amide bonds. The predicted octanol–water partition coefficient (Wildman–Crippen LogP) is 4.98. The van der Waals surface area contributed by atoms with Crippen molar-refractivity contribution in [2.24, 2.45) is 27.6 Å². The van der Waals surface area contributed by atoms with E-state index >= 15 is 0 Å². The molecule has 4 nitrogen and oxygen atoms in total. The molecule has 2 fully saturated rings. The second kappa shape index (κ2) is 5.96. The van der Waals surface area contributed by atoms with Crippen LogP contribution in [0.15, 0.2) is 23.8 Å². The smallest absolute Gasteiger partial charge is 0.302 e. The molecule has 154 valence electrons. The number of hydrogen-bond acceptors (Lipinski definition) is 4. The lowest BCUT2D eigenvalue weighted by Crippen LogP contribution is -2.66. The van der Waals surface area contributed by atoms with Crippen molar-refractivity contribution in [2.45, 2.75) is 85.9 Å². The minimum Gasteiger partial charge on any atom is -0.462 e. The number of carbonyl (C=O) groups excluding carboxylic acids is 2. The summed E-state index contributed by atoms with van der Waals surface area (Å²) in [7, 11) is 0. The van der Waals surface area contributed by atoms with Crippen LogP contribution < -0.4 is 0 Å². The first-order valence-corrected chi connectivity index (χ1v) is 10.7. The number of ether oxygens (including phenoxy) is 2. The van der Waals surface area contributed by atoms with E-state index in [2.05, 4.69) is 45.9 Å². The summed E-state index contributed by atoms with van der Waals surface area (Å²) in [6.45, 7) is 12.3. The molecule has 0 saturated heterocycles. The van der Waals surface area contributed by atoms with E-state index in [1.807, 2.05) is 0 Å². The molecule has 2 bridgehead atoms. The molecule has 0 heterocycles. The lowest BCUT2D eigenvalue weighted by molar-refractivity contribution is -0.202. The molecular formula is C24H34O4. The second-order valence-electron chi connectivity index (χ2n) is 10.7. The van der Waals surface area contributed by atoms with Gasteiger partial charge >= 0.3 is 11.9 Å². The van der Waals surface area contributed by atoms with E-state index in [0.29, 0.717) is 5.92 Å². The third-order valence-electron chi connectivity index (χ3n) is 8.70. The predicted molar refractivity (Wildman–Crippen MR) is 107 cm³/mol. The lowest BCUT2D eigenvalue weighted by Gasteiger charge is -2.68. The number of carbonyl (C=O) groups is 2. The zero-order valence-corrected chi connectivity index (χ0v) is 18.1. The largest absolute Gasteiger partial charge is 0.462 e. The molecule has 0 N–H and O–H groups in total. The Labute approximate surface area is 168 Å². The van der Waals surface area contributed by atoms with Crippen LogP contribution in [-0.4, -0.2) is 24.1 Å². The van der Waals surface area contributed by atoms with Crippen LogP contribution >= 0.6 is 0 Å². The van der Waals surface area contributed by atoms with Crippen molar-refractivity contribution in [3.63, 3.8) is 0 Å². The van der Waals surface area contributed by atoms with Gasteiger partial charge in [-0.2, -0.15) is 0 Å². The van der Waals surface area contributed by atoms with Gasteiger partial charge in [-0.05, 0) is 43.4 Å². The summed E-state index contributed by atoms with van der Waals surface area (Å²) in [6.07, 6.45) is 11.5. The minimum absolute atomic E-state index is 0.114. The quantitative estimate of drug-likeness (QED) is 0.496. The standard InChI is InChI=1S/C24H34O4/c1-15(25)27-19-9-10-21(3,4)18-8-7-17-13-22(5)11-12-24(17,23(18,19)6)14-20(22)28-16(2)26/h7,11-12,18-20H,8-10,13-14H2,1-6H3/t18?,19-,20+,22+,23-,24-/m0/s1. The van der Waals surface area contributed by atoms with Crippen LogP contribution in [0, 0.1) is 27.6 Å². The number of fused-ring (bicyclic) bond motifs is 2. The summed E-state index contributed by atoms with van der Waals surface area (Å²) < 4.78 is 11.8. The molecule has 28 heavy (non-hydrogen) atoms. The first kappa shape index (κ1) is 19.7. The topological polar surface area (TPSA) is 52.6 Å². The molecule has 6 atom stereocenters. The van der Waals surface area contributed by atoms with Gasteiger partial charge in [0.15, 0.2) is 0 Å². The first-order chi connectivity index (χ1) is 12.9. The Kier molecular flexibility index (Phi) is 4.20. The Morgan fingerprint density at radius 1 is 1.00 bits per heavy atom. The van der Waals surface area contributed by atoms with Crippen molar-refractivity contribution in [1.82, 2.24) is 0 Å². The average molecular weight is 387 g/mol. The van der Waals surface area contributed by atoms with Crippen molar-refractivity contribution >= 4 is 11.9 Å². The van der Waals surface area contributed by atoms with Gasteiger partial charge in [0.05, 0.1) is 0 Å². The van der Waals surface area contributed by atoms with E-state index in [1.54, 1.807) is 0 Å². The molecule has 0 aromatic heterocycles. The van der Waals surface area contributed by atoms with Crippen LogP contribution in [0.3, 0.4) is 0 Å². The normalized spacial score (nSPS) is 45.5. The van der Waals surface area contributed by atoms with E-state index in [4.69, 9.17) is 9.47 Å². The lowest BCUT2D eigenvalue weighted by atomic mass is 9.37. The highest BCUT2D eigenvalue weighted by Crippen LogP contribution is 2.72. The molecule has 0 aliphatic heterocycles. The molecule has 2 saturated carbocycles. The molecule has 5 rings (SSSR count). The van der Waals surface area contributed by atoms with Gasteiger partial charge in [0.1, 0.15) is 12.2 Å². The highest BCUT2D eigenvalue weighted by Gasteiger charge is 2.69. The van der Waals surface area contributed by atoms with Gasteiger partial charge in [0.25, 0.3) is 0 Å². The molecule has 0 aromatic rings. The Morgan fingerprint density at radius 3 is 2.29 bits per heavy atom. The van der Waals surface area contributed by atoms with E-state index in [0.717, 1.165) is 32.1 Å². The van der Waals surface area contributed by atoms with Crippen molar-refractivity contribution in [3.8, 4) is 0 Å². The summed E-state index contributed by atoms with van der Waals surface area (Å²) in [4.78, 5) is 23.8. The van der Waals surface area contributed by atoms with Crippen molar-refractivity contribution in [2.75, 3.05) is 0 Å². The first-order valence-electron chi connectivity index (χ1n) is 10.7. The van der Waals surface area contributed by atoms with Crippen LogP contribution in [0.5, 0.6) is 0 Å². The fraction of sp³-hybridized carbons (Fsp3) is 0.750. The van der Waals surface area contributed by atoms with Crippen LogP contribution in [0.25, 0.3) is 0 Å². The Morgan fingerprint density at radius 2 is 1.64 bits per heavy atom. The van der Waals surface area contributed by atoms with Gasteiger partial charge in [-0.1, -0.05) is 51.5 Å². The highest BCUT2D eigenvalue weighted by molar-refractivity contribution is 5.67. The molecule has 4 heteroatoms. The molecule has 0 aromatic carbocycles. The van der Waals surface area contributed by atoms with Crippen molar-refractivity contribution in [1.29, 1.82) is 0 Å². The number of esters is 2. The van der Waals surface area contributed by atoms with Gasteiger partial charge in [-0.25, -0.2) is 0 Å². The molecule has 5 aliphatic rings. The Balaban J connectivity index is 1.87. The number of hydrogen-bond donors (Lipinski definition) is 0. The molecule has 0 radical (unpaired) electrons. The van der Waals surface area contributed by atoms with Gasteiger partial charge in [0.2, 0.25) is 0 Å². The minimum atomic E-state index is -0.217. The van der Waals surface area contributed by atoms with Gasteiger partial charge in [0, 0.05) is 30.1 Å². The molecule has 1 spiro atoms. The van der Waals surface area contributed by atoms with Gasteiger partial charge < -0.3 is 9.47 Å². The maximum absolute atomic E-state index is 12.0. The van der Waals surface area contributed by atoms with Crippen LogP contribution in [-0.2, 0) is 19.1 Å².